The van der Waals surface area contributed by atoms with Crippen LogP contribution in [0.4, 0.5) is 11.5 Å². The molecule has 0 fully saturated rings. The number of para-hydroxylation sites is 1. The molecule has 0 aliphatic carbocycles. The SMILES string of the molecule is CCN(CC(NC(=O)c1ccc2[nH]c(-c3cc(N)nc4[nH]c(C)nc34)cc2c1)C(=O)NC)c1ccccc1. The maximum absolute atomic E-state index is 13.3. The lowest BCUT2D eigenvalue weighted by atomic mass is 10.1. The molecule has 10 heteroatoms. The molecule has 0 radical (unpaired) electrons. The van der Waals surface area contributed by atoms with Gasteiger partial charge < -0.3 is 31.2 Å². The highest BCUT2D eigenvalue weighted by Gasteiger charge is 2.23. The van der Waals surface area contributed by atoms with Gasteiger partial charge in [0.05, 0.1) is 0 Å². The number of carbonyl (C=O) groups is 2. The fourth-order valence-corrected chi connectivity index (χ4v) is 4.64. The molecule has 3 aromatic heterocycles. The Labute approximate surface area is 219 Å². The Hall–Kier alpha value is -4.86. The number of hydrogen-bond acceptors (Lipinski definition) is 6. The van der Waals surface area contributed by atoms with Gasteiger partial charge in [0.15, 0.2) is 5.65 Å². The van der Waals surface area contributed by atoms with E-state index in [1.54, 1.807) is 25.2 Å². The molecule has 0 spiro atoms. The number of anilines is 2. The number of rotatable bonds is 8. The van der Waals surface area contributed by atoms with Gasteiger partial charge in [-0.1, -0.05) is 18.2 Å². The number of likely N-dealkylation sites (N-methyl/N-ethyl adjacent to an activating group) is 2. The van der Waals surface area contributed by atoms with Crippen molar-refractivity contribution in [2.24, 2.45) is 0 Å². The molecule has 194 valence electrons. The van der Waals surface area contributed by atoms with Gasteiger partial charge in [-0.25, -0.2) is 9.97 Å². The number of nitrogen functional groups attached to an aromatic ring is 1. The molecule has 2 aromatic carbocycles. The Morgan fingerprint density at radius 2 is 1.84 bits per heavy atom. The maximum atomic E-state index is 13.3. The van der Waals surface area contributed by atoms with Gasteiger partial charge in [-0.15, -0.1) is 0 Å². The lowest BCUT2D eigenvalue weighted by molar-refractivity contribution is -0.122. The number of nitrogens with zero attached hydrogens (tertiary/aromatic N) is 3. The summed E-state index contributed by atoms with van der Waals surface area (Å²) in [5, 5.41) is 6.43. The van der Waals surface area contributed by atoms with Gasteiger partial charge >= 0.3 is 0 Å². The molecule has 2 amide bonds. The molecule has 0 aliphatic rings. The number of hydrogen-bond donors (Lipinski definition) is 5. The average molecular weight is 511 g/mol. The van der Waals surface area contributed by atoms with E-state index >= 15 is 0 Å². The second kappa shape index (κ2) is 10.3. The zero-order valence-electron chi connectivity index (χ0n) is 21.5. The maximum Gasteiger partial charge on any atom is 0.252 e. The number of nitrogens with one attached hydrogen (secondary N) is 4. The number of pyridine rings is 1. The zero-order valence-corrected chi connectivity index (χ0v) is 21.5. The summed E-state index contributed by atoms with van der Waals surface area (Å²) in [6.45, 7) is 4.91. The van der Waals surface area contributed by atoms with Crippen molar-refractivity contribution in [1.82, 2.24) is 30.6 Å². The first-order valence-corrected chi connectivity index (χ1v) is 12.4. The third kappa shape index (κ3) is 4.88. The number of imidazole rings is 1. The summed E-state index contributed by atoms with van der Waals surface area (Å²) in [6, 6.07) is 18.2. The molecule has 5 aromatic rings. The second-order valence-corrected chi connectivity index (χ2v) is 9.11. The Bertz CT molecular complexity index is 1620. The van der Waals surface area contributed by atoms with Crippen molar-refractivity contribution in [1.29, 1.82) is 0 Å². The van der Waals surface area contributed by atoms with Crippen molar-refractivity contribution in [2.45, 2.75) is 19.9 Å². The molecular formula is C28H30N8O2. The van der Waals surface area contributed by atoms with Gasteiger partial charge in [0, 0.05) is 53.5 Å². The van der Waals surface area contributed by atoms with E-state index in [0.717, 1.165) is 33.7 Å². The molecule has 1 unspecified atom stereocenters. The molecule has 0 saturated heterocycles. The van der Waals surface area contributed by atoms with Crippen molar-refractivity contribution in [3.63, 3.8) is 0 Å². The van der Waals surface area contributed by atoms with Crippen molar-refractivity contribution >= 4 is 45.4 Å². The normalized spacial score (nSPS) is 12.0. The second-order valence-electron chi connectivity index (χ2n) is 9.11. The molecule has 5 rings (SSSR count). The molecule has 1 atom stereocenters. The smallest absolute Gasteiger partial charge is 0.252 e. The number of aryl methyl sites for hydroxylation is 1. The van der Waals surface area contributed by atoms with E-state index in [4.69, 9.17) is 5.73 Å². The number of amides is 2. The molecule has 38 heavy (non-hydrogen) atoms. The fraction of sp³-hybridized carbons (Fsp3) is 0.214. The van der Waals surface area contributed by atoms with E-state index in [2.05, 4.69) is 35.5 Å². The summed E-state index contributed by atoms with van der Waals surface area (Å²) < 4.78 is 0. The first kappa shape index (κ1) is 24.8. The van der Waals surface area contributed by atoms with Crippen molar-refractivity contribution in [2.75, 3.05) is 30.8 Å². The molecule has 6 N–H and O–H groups in total. The Kier molecular flexibility index (Phi) is 6.69. The number of aromatic nitrogens is 4. The van der Waals surface area contributed by atoms with Crippen LogP contribution in [-0.4, -0.2) is 57.9 Å². The molecule has 3 heterocycles. The van der Waals surface area contributed by atoms with Crippen LogP contribution in [0, 0.1) is 6.92 Å². The minimum atomic E-state index is -0.735. The highest BCUT2D eigenvalue weighted by atomic mass is 16.2. The summed E-state index contributed by atoms with van der Waals surface area (Å²) in [7, 11) is 1.57. The summed E-state index contributed by atoms with van der Waals surface area (Å²) in [5.74, 6) is 0.540. The van der Waals surface area contributed by atoms with Crippen molar-refractivity contribution < 1.29 is 9.59 Å². The number of fused-ring (bicyclic) bond motifs is 2. The van der Waals surface area contributed by atoms with Crippen LogP contribution in [0.1, 0.15) is 23.1 Å². The Morgan fingerprint density at radius 1 is 1.05 bits per heavy atom. The van der Waals surface area contributed by atoms with Gasteiger partial charge in [-0.2, -0.15) is 0 Å². The first-order chi connectivity index (χ1) is 18.4. The van der Waals surface area contributed by atoms with Gasteiger partial charge in [0.2, 0.25) is 5.91 Å². The highest BCUT2D eigenvalue weighted by Crippen LogP contribution is 2.30. The molecule has 10 nitrogen and oxygen atoms in total. The number of benzene rings is 2. The molecule has 0 aliphatic heterocycles. The van der Waals surface area contributed by atoms with E-state index < -0.39 is 6.04 Å². The van der Waals surface area contributed by atoms with Gasteiger partial charge in [-0.3, -0.25) is 9.59 Å². The van der Waals surface area contributed by atoms with E-state index in [1.165, 1.54) is 0 Å². The molecular weight excluding hydrogens is 480 g/mol. The molecule has 0 saturated carbocycles. The summed E-state index contributed by atoms with van der Waals surface area (Å²) in [6.07, 6.45) is 0. The summed E-state index contributed by atoms with van der Waals surface area (Å²) in [5.41, 5.74) is 11.3. The molecule has 0 bridgehead atoms. The fourth-order valence-electron chi connectivity index (χ4n) is 4.64. The third-order valence-corrected chi connectivity index (χ3v) is 6.54. The standard InChI is InChI=1S/C28H30N8O2/c1-4-36(19-8-6-5-7-9-19)15-23(28(38)30-3)34-27(37)17-10-11-21-18(12-17)13-22(33-21)20-14-24(29)35-26-25(20)31-16(2)32-26/h5-14,23,33H,4,15H2,1-3H3,(H,30,38)(H,34,37)(H3,29,31,32,35). The number of carbonyl (C=O) groups excluding carboxylic acids is 2. The van der Waals surface area contributed by atoms with E-state index in [-0.39, 0.29) is 11.8 Å². The third-order valence-electron chi connectivity index (χ3n) is 6.54. The van der Waals surface area contributed by atoms with Crippen LogP contribution in [0.2, 0.25) is 0 Å². The summed E-state index contributed by atoms with van der Waals surface area (Å²) in [4.78, 5) is 43.4. The van der Waals surface area contributed by atoms with Crippen molar-refractivity contribution in [3.8, 4) is 11.3 Å². The minimum absolute atomic E-state index is 0.258. The predicted octanol–water partition coefficient (Wildman–Crippen LogP) is 3.37. The highest BCUT2D eigenvalue weighted by molar-refractivity contribution is 6.02. The first-order valence-electron chi connectivity index (χ1n) is 12.4. The largest absolute Gasteiger partial charge is 0.384 e. The summed E-state index contributed by atoms with van der Waals surface area (Å²) >= 11 is 0. The van der Waals surface area contributed by atoms with Crippen LogP contribution in [0.15, 0.2) is 60.7 Å². The topological polar surface area (TPSA) is 145 Å². The van der Waals surface area contributed by atoms with Crippen LogP contribution in [-0.2, 0) is 4.79 Å². The monoisotopic (exact) mass is 510 g/mol. The predicted molar refractivity (Wildman–Crippen MR) is 150 cm³/mol. The van der Waals surface area contributed by atoms with E-state index in [0.29, 0.717) is 35.6 Å². The van der Waals surface area contributed by atoms with Gasteiger partial charge in [0.25, 0.3) is 5.91 Å². The number of H-pyrrole nitrogens is 2. The van der Waals surface area contributed by atoms with Crippen LogP contribution < -0.4 is 21.3 Å². The van der Waals surface area contributed by atoms with Crippen molar-refractivity contribution in [3.05, 3.63) is 72.1 Å². The minimum Gasteiger partial charge on any atom is -0.384 e. The van der Waals surface area contributed by atoms with Gasteiger partial charge in [0.1, 0.15) is 23.2 Å². The number of nitrogens with two attached hydrogens (primary N) is 1. The van der Waals surface area contributed by atoms with E-state index in [1.807, 2.05) is 56.3 Å². The van der Waals surface area contributed by atoms with Crippen LogP contribution in [0.3, 0.4) is 0 Å². The van der Waals surface area contributed by atoms with E-state index in [9.17, 15) is 9.59 Å². The van der Waals surface area contributed by atoms with Crippen LogP contribution in [0.25, 0.3) is 33.3 Å². The Balaban J connectivity index is 1.41. The van der Waals surface area contributed by atoms with Gasteiger partial charge in [-0.05, 0) is 56.3 Å². The average Bonchev–Trinajstić information content (AvgIpc) is 3.52. The Morgan fingerprint density at radius 3 is 2.58 bits per heavy atom. The van der Waals surface area contributed by atoms with Crippen LogP contribution in [0.5, 0.6) is 0 Å². The quantitative estimate of drug-likeness (QED) is 0.216. The van der Waals surface area contributed by atoms with Crippen LogP contribution >= 0.6 is 0 Å². The number of aromatic amines is 2. The lowest BCUT2D eigenvalue weighted by Crippen LogP contribution is -2.52. The lowest BCUT2D eigenvalue weighted by Gasteiger charge is -2.28. The zero-order chi connectivity index (χ0) is 26.8.